The van der Waals surface area contributed by atoms with Gasteiger partial charge in [-0.1, -0.05) is 0 Å². The first-order valence-electron chi connectivity index (χ1n) is 11.5. The maximum absolute atomic E-state index is 12.5. The van der Waals surface area contributed by atoms with Crippen molar-refractivity contribution in [3.05, 3.63) is 41.9 Å². The van der Waals surface area contributed by atoms with Crippen molar-refractivity contribution in [1.82, 2.24) is 19.6 Å². The van der Waals surface area contributed by atoms with Crippen LogP contribution in [0.2, 0.25) is 0 Å². The van der Waals surface area contributed by atoms with Crippen LogP contribution < -0.4 is 4.90 Å². The van der Waals surface area contributed by atoms with E-state index in [1.54, 1.807) is 24.7 Å². The van der Waals surface area contributed by atoms with Crippen LogP contribution in [0.25, 0.3) is 16.9 Å². The monoisotopic (exact) mass is 444 g/mol. The Kier molecular flexibility index (Phi) is 5.28. The van der Waals surface area contributed by atoms with Crippen molar-refractivity contribution in [2.45, 2.75) is 58.0 Å². The van der Waals surface area contributed by atoms with E-state index in [0.717, 1.165) is 61.5 Å². The lowest BCUT2D eigenvalue weighted by Crippen LogP contribution is -2.39. The lowest BCUT2D eigenvalue weighted by atomic mass is 9.96. The first kappa shape index (κ1) is 21.4. The second kappa shape index (κ2) is 8.14. The molecule has 170 valence electrons. The number of hydrogen-bond acceptors (Lipinski definition) is 7. The second-order valence-electron chi connectivity index (χ2n) is 9.94. The predicted octanol–water partition coefficient (Wildman–Crippen LogP) is 4.10. The summed E-state index contributed by atoms with van der Waals surface area (Å²) >= 11 is 0. The number of nitriles is 1. The van der Waals surface area contributed by atoms with E-state index in [-0.39, 0.29) is 11.9 Å². The van der Waals surface area contributed by atoms with Crippen molar-refractivity contribution in [1.29, 1.82) is 5.26 Å². The van der Waals surface area contributed by atoms with Gasteiger partial charge in [0.25, 0.3) is 0 Å². The van der Waals surface area contributed by atoms with Gasteiger partial charge >= 0.3 is 5.97 Å². The summed E-state index contributed by atoms with van der Waals surface area (Å²) in [6, 6.07) is 7.85. The highest BCUT2D eigenvalue weighted by Gasteiger charge is 2.33. The molecule has 0 radical (unpaired) electrons. The van der Waals surface area contributed by atoms with E-state index in [0.29, 0.717) is 11.5 Å². The highest BCUT2D eigenvalue weighted by molar-refractivity contribution is 5.80. The molecule has 3 aromatic rings. The van der Waals surface area contributed by atoms with Crippen molar-refractivity contribution in [3.8, 4) is 17.5 Å². The minimum atomic E-state index is -0.467. The fraction of sp³-hybridized carbons (Fsp3) is 0.480. The zero-order valence-corrected chi connectivity index (χ0v) is 19.3. The number of pyridine rings is 1. The normalized spacial score (nSPS) is 17.2. The SMILES string of the molecule is CC(C)(C)OC(=O)C1CCN(c2ncnn3c(-c4cc(C#N)ccn4)cc(C4CC4)c23)CC1. The number of aromatic nitrogens is 4. The molecule has 2 fully saturated rings. The van der Waals surface area contributed by atoms with Gasteiger partial charge in [0.05, 0.1) is 28.9 Å². The number of ether oxygens (including phenoxy) is 1. The fourth-order valence-corrected chi connectivity index (χ4v) is 4.53. The van der Waals surface area contributed by atoms with Gasteiger partial charge in [-0.15, -0.1) is 0 Å². The lowest BCUT2D eigenvalue weighted by Gasteiger charge is -2.33. The molecule has 0 spiro atoms. The molecule has 1 aliphatic carbocycles. The number of anilines is 1. The van der Waals surface area contributed by atoms with Crippen LogP contribution in [0.15, 0.2) is 30.7 Å². The molecule has 5 rings (SSSR count). The quantitative estimate of drug-likeness (QED) is 0.559. The minimum Gasteiger partial charge on any atom is -0.460 e. The number of carbonyl (C=O) groups is 1. The largest absolute Gasteiger partial charge is 0.460 e. The Morgan fingerprint density at radius 3 is 2.58 bits per heavy atom. The third-order valence-electron chi connectivity index (χ3n) is 6.27. The van der Waals surface area contributed by atoms with Crippen molar-refractivity contribution in [3.63, 3.8) is 0 Å². The molecule has 1 saturated heterocycles. The highest BCUT2D eigenvalue weighted by atomic mass is 16.6. The molecule has 0 bridgehead atoms. The molecule has 1 saturated carbocycles. The number of fused-ring (bicyclic) bond motifs is 1. The maximum Gasteiger partial charge on any atom is 0.309 e. The fourth-order valence-electron chi connectivity index (χ4n) is 4.53. The summed E-state index contributed by atoms with van der Waals surface area (Å²) in [4.78, 5) is 24.0. The average molecular weight is 445 g/mol. The Morgan fingerprint density at radius 1 is 1.15 bits per heavy atom. The van der Waals surface area contributed by atoms with Crippen LogP contribution in [-0.2, 0) is 9.53 Å². The number of esters is 1. The molecule has 0 N–H and O–H groups in total. The van der Waals surface area contributed by atoms with Crippen LogP contribution in [0.1, 0.15) is 63.5 Å². The molecule has 0 unspecified atom stereocenters. The van der Waals surface area contributed by atoms with Crippen LogP contribution in [0.4, 0.5) is 5.82 Å². The van der Waals surface area contributed by atoms with Gasteiger partial charge in [0.2, 0.25) is 0 Å². The predicted molar refractivity (Wildman–Crippen MR) is 124 cm³/mol. The molecule has 8 nitrogen and oxygen atoms in total. The standard InChI is InChI=1S/C25H28N6O2/c1-25(2,3)33-24(32)18-7-10-30(11-8-18)23-22-19(17-4-5-17)13-21(31(22)29-15-28-23)20-12-16(14-26)6-9-27-20/h6,9,12-13,15,17-18H,4-5,7-8,10-11H2,1-3H3. The zero-order valence-electron chi connectivity index (χ0n) is 19.3. The third kappa shape index (κ3) is 4.28. The summed E-state index contributed by atoms with van der Waals surface area (Å²) in [7, 11) is 0. The third-order valence-corrected chi connectivity index (χ3v) is 6.27. The summed E-state index contributed by atoms with van der Waals surface area (Å²) in [6.45, 7) is 7.19. The number of nitrogens with zero attached hydrogens (tertiary/aromatic N) is 6. The minimum absolute atomic E-state index is 0.0819. The molecule has 0 amide bonds. The Bertz CT molecular complexity index is 1240. The summed E-state index contributed by atoms with van der Waals surface area (Å²) in [5.41, 5.74) is 3.95. The maximum atomic E-state index is 12.5. The van der Waals surface area contributed by atoms with Crippen molar-refractivity contribution >= 4 is 17.3 Å². The topological polar surface area (TPSA) is 96.4 Å². The van der Waals surface area contributed by atoms with Gasteiger partial charge in [-0.2, -0.15) is 10.4 Å². The smallest absolute Gasteiger partial charge is 0.309 e. The van der Waals surface area contributed by atoms with Gasteiger partial charge in [0.1, 0.15) is 17.4 Å². The van der Waals surface area contributed by atoms with Crippen LogP contribution in [0.3, 0.4) is 0 Å². The summed E-state index contributed by atoms with van der Waals surface area (Å²) in [6.07, 6.45) is 7.02. The molecular weight excluding hydrogens is 416 g/mol. The first-order valence-corrected chi connectivity index (χ1v) is 11.5. The Labute approximate surface area is 193 Å². The van der Waals surface area contributed by atoms with Crippen LogP contribution in [-0.4, -0.2) is 44.2 Å². The number of rotatable bonds is 4. The van der Waals surface area contributed by atoms with Crippen LogP contribution in [0.5, 0.6) is 0 Å². The molecule has 4 heterocycles. The Morgan fingerprint density at radius 2 is 1.91 bits per heavy atom. The molecular formula is C25H28N6O2. The van der Waals surface area contributed by atoms with Gasteiger partial charge in [-0.05, 0) is 76.1 Å². The molecule has 2 aliphatic rings. The molecule has 8 heteroatoms. The molecule has 3 aromatic heterocycles. The molecule has 1 aliphatic heterocycles. The highest BCUT2D eigenvalue weighted by Crippen LogP contribution is 2.46. The van der Waals surface area contributed by atoms with Crippen molar-refractivity contribution in [2.75, 3.05) is 18.0 Å². The van der Waals surface area contributed by atoms with E-state index in [2.05, 4.69) is 32.1 Å². The van der Waals surface area contributed by atoms with Crippen LogP contribution in [0, 0.1) is 17.2 Å². The summed E-state index contributed by atoms with van der Waals surface area (Å²) in [5, 5.41) is 13.9. The molecule has 0 aromatic carbocycles. The molecule has 33 heavy (non-hydrogen) atoms. The van der Waals surface area contributed by atoms with E-state index in [4.69, 9.17) is 4.74 Å². The average Bonchev–Trinajstić information content (AvgIpc) is 3.57. The van der Waals surface area contributed by atoms with Crippen molar-refractivity contribution < 1.29 is 9.53 Å². The van der Waals surface area contributed by atoms with Gasteiger partial charge in [-0.25, -0.2) is 9.50 Å². The van der Waals surface area contributed by atoms with Gasteiger partial charge in [0.15, 0.2) is 5.82 Å². The second-order valence-corrected chi connectivity index (χ2v) is 9.94. The van der Waals surface area contributed by atoms with E-state index in [9.17, 15) is 10.1 Å². The van der Waals surface area contributed by atoms with E-state index >= 15 is 0 Å². The zero-order chi connectivity index (χ0) is 23.2. The van der Waals surface area contributed by atoms with E-state index in [1.165, 1.54) is 5.56 Å². The Balaban J connectivity index is 1.47. The Hall–Kier alpha value is -3.47. The summed E-state index contributed by atoms with van der Waals surface area (Å²) < 4.78 is 7.52. The van der Waals surface area contributed by atoms with E-state index in [1.807, 2.05) is 25.3 Å². The number of hydrogen-bond donors (Lipinski definition) is 0. The summed E-state index contributed by atoms with van der Waals surface area (Å²) in [5.74, 6) is 1.21. The van der Waals surface area contributed by atoms with Crippen LogP contribution >= 0.6 is 0 Å². The lowest BCUT2D eigenvalue weighted by molar-refractivity contribution is -0.160. The number of carbonyl (C=O) groups excluding carboxylic acids is 1. The van der Waals surface area contributed by atoms with Gasteiger partial charge < -0.3 is 9.64 Å². The molecule has 0 atom stereocenters. The van der Waals surface area contributed by atoms with Gasteiger partial charge in [0, 0.05) is 19.3 Å². The number of piperidine rings is 1. The van der Waals surface area contributed by atoms with Crippen molar-refractivity contribution in [2.24, 2.45) is 5.92 Å². The van der Waals surface area contributed by atoms with E-state index < -0.39 is 5.60 Å². The first-order chi connectivity index (χ1) is 15.8. The van der Waals surface area contributed by atoms with Gasteiger partial charge in [-0.3, -0.25) is 9.78 Å².